The second-order valence-corrected chi connectivity index (χ2v) is 4.91. The van der Waals surface area contributed by atoms with Crippen molar-refractivity contribution in [3.63, 3.8) is 0 Å². The van der Waals surface area contributed by atoms with Gasteiger partial charge in [-0.25, -0.2) is 0 Å². The summed E-state index contributed by atoms with van der Waals surface area (Å²) in [5, 5.41) is 3.12. The Bertz CT molecular complexity index is 202. The van der Waals surface area contributed by atoms with Crippen molar-refractivity contribution in [2.45, 2.75) is 57.9 Å². The van der Waals surface area contributed by atoms with Crippen molar-refractivity contribution >= 4 is 5.91 Å². The number of carbonyl (C=O) groups is 1. The van der Waals surface area contributed by atoms with E-state index in [0.29, 0.717) is 17.9 Å². The minimum Gasteiger partial charge on any atom is -0.353 e. The molecule has 0 aromatic rings. The average Bonchev–Trinajstić information content (AvgIpc) is 3.02. The van der Waals surface area contributed by atoms with Crippen molar-refractivity contribution in [3.8, 4) is 0 Å². The van der Waals surface area contributed by atoms with Gasteiger partial charge in [0, 0.05) is 12.0 Å². The number of hydrogen-bond donors (Lipinski definition) is 1. The van der Waals surface area contributed by atoms with Crippen LogP contribution in [0.3, 0.4) is 0 Å². The van der Waals surface area contributed by atoms with Gasteiger partial charge in [0.2, 0.25) is 5.91 Å². The van der Waals surface area contributed by atoms with Crippen LogP contribution in [0.4, 0.5) is 0 Å². The van der Waals surface area contributed by atoms with Crippen LogP contribution in [0.2, 0.25) is 0 Å². The first-order valence-corrected chi connectivity index (χ1v) is 6.10. The molecule has 14 heavy (non-hydrogen) atoms. The van der Waals surface area contributed by atoms with Crippen LogP contribution in [0, 0.1) is 11.8 Å². The maximum Gasteiger partial charge on any atom is 0.223 e. The van der Waals surface area contributed by atoms with Crippen molar-refractivity contribution in [1.82, 2.24) is 5.32 Å². The largest absolute Gasteiger partial charge is 0.353 e. The molecule has 1 amide bonds. The van der Waals surface area contributed by atoms with Gasteiger partial charge < -0.3 is 5.32 Å². The minimum absolute atomic E-state index is 0.332. The quantitative estimate of drug-likeness (QED) is 0.736. The van der Waals surface area contributed by atoms with Gasteiger partial charge in [-0.1, -0.05) is 13.3 Å². The second kappa shape index (κ2) is 4.33. The molecule has 2 aliphatic carbocycles. The Morgan fingerprint density at radius 3 is 2.29 bits per heavy atom. The standard InChI is InChI=1S/C12H21NO/c1-2-9-3-5-10(6-4-9)12(14)13-11-7-8-11/h9-11H,2-8H2,1H3,(H,13,14). The molecule has 2 saturated carbocycles. The highest BCUT2D eigenvalue weighted by Crippen LogP contribution is 2.31. The first-order chi connectivity index (χ1) is 6.79. The maximum atomic E-state index is 11.7. The Hall–Kier alpha value is -0.530. The van der Waals surface area contributed by atoms with Gasteiger partial charge >= 0.3 is 0 Å². The highest BCUT2D eigenvalue weighted by Gasteiger charge is 2.29. The van der Waals surface area contributed by atoms with Crippen LogP contribution < -0.4 is 5.32 Å². The first-order valence-electron chi connectivity index (χ1n) is 6.10. The zero-order valence-electron chi connectivity index (χ0n) is 9.09. The Labute approximate surface area is 86.5 Å². The molecule has 2 nitrogen and oxygen atoms in total. The molecule has 80 valence electrons. The van der Waals surface area contributed by atoms with E-state index in [1.165, 1.54) is 32.1 Å². The molecule has 0 bridgehead atoms. The summed E-state index contributed by atoms with van der Waals surface area (Å²) >= 11 is 0. The molecule has 0 saturated heterocycles. The Balaban J connectivity index is 1.73. The van der Waals surface area contributed by atoms with E-state index in [-0.39, 0.29) is 0 Å². The van der Waals surface area contributed by atoms with Crippen molar-refractivity contribution in [2.24, 2.45) is 11.8 Å². The first kappa shape index (κ1) is 10.0. The molecule has 0 atom stereocenters. The van der Waals surface area contributed by atoms with Gasteiger partial charge in [-0.05, 0) is 44.4 Å². The molecule has 0 aromatic heterocycles. The van der Waals surface area contributed by atoms with Gasteiger partial charge in [-0.2, -0.15) is 0 Å². The van der Waals surface area contributed by atoms with Crippen molar-refractivity contribution < 1.29 is 4.79 Å². The summed E-state index contributed by atoms with van der Waals surface area (Å²) in [7, 11) is 0. The summed E-state index contributed by atoms with van der Waals surface area (Å²) in [6.07, 6.45) is 8.47. The minimum atomic E-state index is 0.332. The lowest BCUT2D eigenvalue weighted by molar-refractivity contribution is -0.126. The zero-order valence-corrected chi connectivity index (χ0v) is 9.09. The van der Waals surface area contributed by atoms with E-state index < -0.39 is 0 Å². The van der Waals surface area contributed by atoms with Gasteiger partial charge in [0.15, 0.2) is 0 Å². The molecule has 0 heterocycles. The highest BCUT2D eigenvalue weighted by molar-refractivity contribution is 5.79. The van der Waals surface area contributed by atoms with E-state index in [2.05, 4.69) is 12.2 Å². The molecular weight excluding hydrogens is 174 g/mol. The van der Waals surface area contributed by atoms with Crippen LogP contribution in [-0.2, 0) is 4.79 Å². The summed E-state index contributed by atoms with van der Waals surface area (Å²) < 4.78 is 0. The van der Waals surface area contributed by atoms with Crippen LogP contribution in [0.15, 0.2) is 0 Å². The maximum absolute atomic E-state index is 11.7. The molecule has 2 rings (SSSR count). The molecule has 2 heteroatoms. The lowest BCUT2D eigenvalue weighted by atomic mass is 9.80. The fourth-order valence-corrected chi connectivity index (χ4v) is 2.38. The predicted octanol–water partition coefficient (Wildman–Crippen LogP) is 2.48. The highest BCUT2D eigenvalue weighted by atomic mass is 16.2. The monoisotopic (exact) mass is 195 g/mol. The fraction of sp³-hybridized carbons (Fsp3) is 0.917. The van der Waals surface area contributed by atoms with E-state index in [9.17, 15) is 4.79 Å². The predicted molar refractivity (Wildman–Crippen MR) is 56.9 cm³/mol. The van der Waals surface area contributed by atoms with Crippen molar-refractivity contribution in [2.75, 3.05) is 0 Å². The van der Waals surface area contributed by atoms with Crippen LogP contribution >= 0.6 is 0 Å². The number of carbonyl (C=O) groups excluding carboxylic acids is 1. The number of hydrogen-bond acceptors (Lipinski definition) is 1. The fourth-order valence-electron chi connectivity index (χ4n) is 2.38. The summed E-state index contributed by atoms with van der Waals surface area (Å²) in [4.78, 5) is 11.7. The normalized spacial score (nSPS) is 32.6. The summed E-state index contributed by atoms with van der Waals surface area (Å²) in [6, 6.07) is 0.534. The van der Waals surface area contributed by atoms with Gasteiger partial charge in [-0.15, -0.1) is 0 Å². The Morgan fingerprint density at radius 1 is 1.14 bits per heavy atom. The van der Waals surface area contributed by atoms with E-state index >= 15 is 0 Å². The molecule has 0 aromatic carbocycles. The van der Waals surface area contributed by atoms with E-state index in [1.807, 2.05) is 0 Å². The second-order valence-electron chi connectivity index (χ2n) is 4.91. The number of rotatable bonds is 3. The molecule has 0 radical (unpaired) electrons. The van der Waals surface area contributed by atoms with Crippen LogP contribution in [0.5, 0.6) is 0 Å². The molecule has 0 unspecified atom stereocenters. The third-order valence-electron chi connectivity index (χ3n) is 3.72. The summed E-state index contributed by atoms with van der Waals surface area (Å²) in [6.45, 7) is 2.26. The van der Waals surface area contributed by atoms with Crippen molar-refractivity contribution in [3.05, 3.63) is 0 Å². The van der Waals surface area contributed by atoms with Gasteiger partial charge in [0.1, 0.15) is 0 Å². The summed E-state index contributed by atoms with van der Waals surface area (Å²) in [5.41, 5.74) is 0. The van der Waals surface area contributed by atoms with E-state index in [0.717, 1.165) is 18.8 Å². The molecule has 0 spiro atoms. The third kappa shape index (κ3) is 2.49. The van der Waals surface area contributed by atoms with Crippen molar-refractivity contribution in [1.29, 1.82) is 0 Å². The lowest BCUT2D eigenvalue weighted by Gasteiger charge is -2.26. The number of amides is 1. The van der Waals surface area contributed by atoms with E-state index in [1.54, 1.807) is 0 Å². The van der Waals surface area contributed by atoms with Gasteiger partial charge in [-0.3, -0.25) is 4.79 Å². The van der Waals surface area contributed by atoms with Crippen LogP contribution in [0.1, 0.15) is 51.9 Å². The van der Waals surface area contributed by atoms with Crippen LogP contribution in [0.25, 0.3) is 0 Å². The SMILES string of the molecule is CCC1CCC(C(=O)NC2CC2)CC1. The molecule has 2 fully saturated rings. The molecule has 2 aliphatic rings. The smallest absolute Gasteiger partial charge is 0.223 e. The summed E-state index contributed by atoms with van der Waals surface area (Å²) in [5.74, 6) is 1.56. The molecule has 1 N–H and O–H groups in total. The van der Waals surface area contributed by atoms with Gasteiger partial charge in [0.05, 0.1) is 0 Å². The van der Waals surface area contributed by atoms with Gasteiger partial charge in [0.25, 0.3) is 0 Å². The van der Waals surface area contributed by atoms with Crippen LogP contribution in [-0.4, -0.2) is 11.9 Å². The zero-order chi connectivity index (χ0) is 9.97. The third-order valence-corrected chi connectivity index (χ3v) is 3.72. The van der Waals surface area contributed by atoms with E-state index in [4.69, 9.17) is 0 Å². The Kier molecular flexibility index (Phi) is 3.09. The Morgan fingerprint density at radius 2 is 1.79 bits per heavy atom. The molecule has 0 aliphatic heterocycles. The lowest BCUT2D eigenvalue weighted by Crippen LogP contribution is -2.34. The topological polar surface area (TPSA) is 29.1 Å². The molecular formula is C12H21NO. The average molecular weight is 195 g/mol. The number of nitrogens with one attached hydrogen (secondary N) is 1.